The van der Waals surface area contributed by atoms with E-state index in [1.807, 2.05) is 6.07 Å². The third kappa shape index (κ3) is 3.16. The van der Waals surface area contributed by atoms with Crippen LogP contribution in [0.15, 0.2) is 18.2 Å². The fourth-order valence-electron chi connectivity index (χ4n) is 3.37. The Labute approximate surface area is 126 Å². The van der Waals surface area contributed by atoms with Crippen molar-refractivity contribution in [1.82, 2.24) is 10.2 Å². The third-order valence-corrected chi connectivity index (χ3v) is 4.79. The van der Waals surface area contributed by atoms with Gasteiger partial charge >= 0.3 is 0 Å². The quantitative estimate of drug-likeness (QED) is 0.921. The summed E-state index contributed by atoms with van der Waals surface area (Å²) < 4.78 is 11.2. The Bertz CT molecular complexity index is 494. The largest absolute Gasteiger partial charge is 0.486 e. The summed E-state index contributed by atoms with van der Waals surface area (Å²) in [7, 11) is 0. The lowest BCUT2D eigenvalue weighted by Gasteiger charge is -2.32. The molecule has 3 aliphatic rings. The smallest absolute Gasteiger partial charge is 0.161 e. The fraction of sp³-hybridized carbons (Fsp3) is 0.647. The van der Waals surface area contributed by atoms with Crippen LogP contribution < -0.4 is 14.8 Å². The second-order valence-corrected chi connectivity index (χ2v) is 6.40. The van der Waals surface area contributed by atoms with Crippen LogP contribution in [0.3, 0.4) is 0 Å². The normalized spacial score (nSPS) is 23.2. The van der Waals surface area contributed by atoms with Crippen molar-refractivity contribution in [1.29, 1.82) is 0 Å². The summed E-state index contributed by atoms with van der Waals surface area (Å²) in [5.41, 5.74) is 1.28. The second-order valence-electron chi connectivity index (χ2n) is 6.40. The molecule has 1 aliphatic carbocycles. The highest BCUT2D eigenvalue weighted by Gasteiger charge is 2.31. The average molecular weight is 288 g/mol. The van der Waals surface area contributed by atoms with Crippen LogP contribution in [0.4, 0.5) is 0 Å². The fourth-order valence-corrected chi connectivity index (χ4v) is 3.37. The lowest BCUT2D eigenvalue weighted by molar-refractivity contribution is 0.171. The van der Waals surface area contributed by atoms with E-state index < -0.39 is 0 Å². The summed E-state index contributed by atoms with van der Waals surface area (Å²) in [4.78, 5) is 2.67. The Balaban J connectivity index is 1.28. The first-order valence-electron chi connectivity index (χ1n) is 8.24. The van der Waals surface area contributed by atoms with Crippen LogP contribution in [0.5, 0.6) is 11.5 Å². The molecule has 1 aromatic rings. The number of fused-ring (bicyclic) bond motifs is 1. The van der Waals surface area contributed by atoms with Gasteiger partial charge in [0.15, 0.2) is 11.5 Å². The summed E-state index contributed by atoms with van der Waals surface area (Å²) in [6, 6.07) is 7.86. The molecule has 2 fully saturated rings. The van der Waals surface area contributed by atoms with E-state index in [2.05, 4.69) is 22.3 Å². The van der Waals surface area contributed by atoms with Crippen LogP contribution in [0.1, 0.15) is 31.2 Å². The van der Waals surface area contributed by atoms with Gasteiger partial charge in [0.05, 0.1) is 0 Å². The molecule has 114 valence electrons. The zero-order chi connectivity index (χ0) is 14.1. The van der Waals surface area contributed by atoms with Crippen LogP contribution >= 0.6 is 0 Å². The van der Waals surface area contributed by atoms with E-state index >= 15 is 0 Å². The Morgan fingerprint density at radius 2 is 1.76 bits per heavy atom. The minimum absolute atomic E-state index is 0.656. The van der Waals surface area contributed by atoms with E-state index in [4.69, 9.17) is 9.47 Å². The van der Waals surface area contributed by atoms with Crippen molar-refractivity contribution in [2.75, 3.05) is 26.3 Å². The molecule has 0 aromatic heterocycles. The van der Waals surface area contributed by atoms with Crippen molar-refractivity contribution in [3.63, 3.8) is 0 Å². The minimum atomic E-state index is 0.656. The Morgan fingerprint density at radius 1 is 1.00 bits per heavy atom. The lowest BCUT2D eigenvalue weighted by Crippen LogP contribution is -2.43. The molecule has 1 aromatic carbocycles. The van der Waals surface area contributed by atoms with Crippen LogP contribution in [0, 0.1) is 0 Å². The van der Waals surface area contributed by atoms with E-state index in [0.717, 1.165) is 24.1 Å². The minimum Gasteiger partial charge on any atom is -0.486 e. The number of benzene rings is 1. The third-order valence-electron chi connectivity index (χ3n) is 4.79. The van der Waals surface area contributed by atoms with Gasteiger partial charge < -0.3 is 19.7 Å². The Morgan fingerprint density at radius 3 is 2.52 bits per heavy atom. The number of nitrogens with zero attached hydrogens (tertiary/aromatic N) is 1. The molecule has 4 rings (SSSR count). The first-order chi connectivity index (χ1) is 10.4. The van der Waals surface area contributed by atoms with Gasteiger partial charge in [-0.05, 0) is 56.5 Å². The van der Waals surface area contributed by atoms with Crippen molar-refractivity contribution >= 4 is 0 Å². The molecule has 1 saturated heterocycles. The molecule has 4 nitrogen and oxygen atoms in total. The highest BCUT2D eigenvalue weighted by molar-refractivity contribution is 5.43. The number of piperidine rings is 1. The first-order valence-corrected chi connectivity index (χ1v) is 8.24. The van der Waals surface area contributed by atoms with E-state index in [0.29, 0.717) is 19.3 Å². The number of rotatable bonds is 4. The molecule has 4 heteroatoms. The first kappa shape index (κ1) is 13.4. The number of hydrogen-bond donors (Lipinski definition) is 1. The molecule has 1 N–H and O–H groups in total. The van der Waals surface area contributed by atoms with Gasteiger partial charge in [-0.15, -0.1) is 0 Å². The maximum Gasteiger partial charge on any atom is 0.161 e. The summed E-state index contributed by atoms with van der Waals surface area (Å²) in [5.74, 6) is 1.77. The van der Waals surface area contributed by atoms with Gasteiger partial charge in [-0.25, -0.2) is 0 Å². The highest BCUT2D eigenvalue weighted by Crippen LogP contribution is 2.31. The average Bonchev–Trinajstić information content (AvgIpc) is 3.38. The molecule has 21 heavy (non-hydrogen) atoms. The van der Waals surface area contributed by atoms with Crippen molar-refractivity contribution < 1.29 is 9.47 Å². The Kier molecular flexibility index (Phi) is 3.74. The summed E-state index contributed by atoms with van der Waals surface area (Å²) in [5, 5.41) is 3.70. The molecule has 0 amide bonds. The van der Waals surface area contributed by atoms with Gasteiger partial charge in [0.2, 0.25) is 0 Å². The van der Waals surface area contributed by atoms with Gasteiger partial charge in [0.25, 0.3) is 0 Å². The molecule has 0 radical (unpaired) electrons. The maximum absolute atomic E-state index is 5.64. The monoisotopic (exact) mass is 288 g/mol. The van der Waals surface area contributed by atoms with Crippen molar-refractivity contribution in [2.24, 2.45) is 0 Å². The lowest BCUT2D eigenvalue weighted by atomic mass is 10.0. The molecule has 0 atom stereocenters. The predicted molar refractivity (Wildman–Crippen MR) is 81.9 cm³/mol. The predicted octanol–water partition coefficient (Wildman–Crippen LogP) is 2.17. The molecule has 1 saturated carbocycles. The highest BCUT2D eigenvalue weighted by atomic mass is 16.6. The van der Waals surface area contributed by atoms with E-state index in [1.54, 1.807) is 0 Å². The summed E-state index contributed by atoms with van der Waals surface area (Å²) in [6.45, 7) is 4.77. The van der Waals surface area contributed by atoms with Gasteiger partial charge in [0.1, 0.15) is 13.2 Å². The number of nitrogens with one attached hydrogen (secondary N) is 1. The topological polar surface area (TPSA) is 33.7 Å². The van der Waals surface area contributed by atoms with Crippen molar-refractivity contribution in [3.8, 4) is 11.5 Å². The number of likely N-dealkylation sites (tertiary alicyclic amines) is 1. The summed E-state index contributed by atoms with van der Waals surface area (Å²) in [6.07, 6.45) is 5.41. The maximum atomic E-state index is 5.64. The van der Waals surface area contributed by atoms with Gasteiger partial charge in [0, 0.05) is 18.6 Å². The van der Waals surface area contributed by atoms with Crippen LogP contribution in [-0.4, -0.2) is 43.3 Å². The van der Waals surface area contributed by atoms with Crippen LogP contribution in [0.2, 0.25) is 0 Å². The van der Waals surface area contributed by atoms with Gasteiger partial charge in [-0.1, -0.05) is 6.07 Å². The SMILES string of the molecule is c1cc2c(cc1CNC1CCN(C3CC3)CC1)OCCO2. The molecular formula is C17H24N2O2. The van der Waals surface area contributed by atoms with Crippen LogP contribution in [0.25, 0.3) is 0 Å². The zero-order valence-electron chi connectivity index (χ0n) is 12.5. The standard InChI is InChI=1S/C17H24N2O2/c1-4-16-17(21-10-9-20-16)11-13(1)12-18-14-5-7-19(8-6-14)15-2-3-15/h1,4,11,14-15,18H,2-3,5-10,12H2. The van der Waals surface area contributed by atoms with Gasteiger partial charge in [-0.2, -0.15) is 0 Å². The van der Waals surface area contributed by atoms with Crippen LogP contribution in [-0.2, 0) is 6.54 Å². The number of hydrogen-bond acceptors (Lipinski definition) is 4. The van der Waals surface area contributed by atoms with E-state index in [9.17, 15) is 0 Å². The molecule has 0 bridgehead atoms. The Hall–Kier alpha value is -1.26. The summed E-state index contributed by atoms with van der Waals surface area (Å²) >= 11 is 0. The van der Waals surface area contributed by atoms with Gasteiger partial charge in [-0.3, -0.25) is 0 Å². The van der Waals surface area contributed by atoms with Crippen molar-refractivity contribution in [2.45, 2.75) is 44.3 Å². The van der Waals surface area contributed by atoms with E-state index in [-0.39, 0.29) is 0 Å². The molecule has 2 heterocycles. The molecular weight excluding hydrogens is 264 g/mol. The number of ether oxygens (including phenoxy) is 2. The zero-order valence-corrected chi connectivity index (χ0v) is 12.5. The molecule has 0 spiro atoms. The molecule has 2 aliphatic heterocycles. The van der Waals surface area contributed by atoms with Crippen molar-refractivity contribution in [3.05, 3.63) is 23.8 Å². The molecule has 0 unspecified atom stereocenters. The second kappa shape index (κ2) is 5.85. The van der Waals surface area contributed by atoms with E-state index in [1.165, 1.54) is 44.3 Å².